The summed E-state index contributed by atoms with van der Waals surface area (Å²) in [6.07, 6.45) is -8.55. The molecule has 0 aromatic heterocycles. The molecule has 2 bridgehead atoms. The minimum Gasteiger partial charge on any atom is -0.456 e. The molecule has 60 heavy (non-hydrogen) atoms. The highest BCUT2D eigenvalue weighted by Gasteiger charge is 2.76. The first-order chi connectivity index (χ1) is 28.0. The van der Waals surface area contributed by atoms with Crippen LogP contribution in [0.15, 0.2) is 71.8 Å². The molecule has 2 unspecified atom stereocenters. The number of hydrogen-bond donors (Lipinski definition) is 3. The Morgan fingerprint density at radius 3 is 2.07 bits per heavy atom. The van der Waals surface area contributed by atoms with Crippen LogP contribution >= 0.6 is 0 Å². The topological polar surface area (TPSA) is 210 Å². The summed E-state index contributed by atoms with van der Waals surface area (Å²) in [5, 5.41) is 27.9. The summed E-state index contributed by atoms with van der Waals surface area (Å²) in [6, 6.07) is 14.9. The summed E-state index contributed by atoms with van der Waals surface area (Å²) in [6.45, 7) is 13.5. The molecule has 1 aliphatic heterocycles. The van der Waals surface area contributed by atoms with E-state index in [1.54, 1.807) is 97.0 Å². The Morgan fingerprint density at radius 2 is 1.52 bits per heavy atom. The number of carbonyl (C=O) groups is 6. The maximum absolute atomic E-state index is 15.4. The van der Waals surface area contributed by atoms with E-state index in [4.69, 9.17) is 28.4 Å². The number of aliphatic hydroxyl groups is 2. The zero-order chi connectivity index (χ0) is 44.2. The molecule has 15 nitrogen and oxygen atoms in total. The van der Waals surface area contributed by atoms with Gasteiger partial charge in [-0.05, 0) is 69.4 Å². The molecule has 2 saturated carbocycles. The van der Waals surface area contributed by atoms with Crippen molar-refractivity contribution >= 4 is 35.8 Å². The van der Waals surface area contributed by atoms with E-state index < -0.39 is 112 Å². The van der Waals surface area contributed by atoms with Crippen LogP contribution < -0.4 is 5.32 Å². The molecule has 1 heterocycles. The zero-order valence-electron chi connectivity index (χ0n) is 35.4. The largest absolute Gasteiger partial charge is 0.456 e. The van der Waals surface area contributed by atoms with Crippen LogP contribution in [-0.2, 0) is 47.6 Å². The molecule has 10 atom stereocenters. The van der Waals surface area contributed by atoms with Crippen molar-refractivity contribution in [1.82, 2.24) is 5.32 Å². The molecule has 324 valence electrons. The molecular formula is C45H55NO14. The minimum absolute atomic E-state index is 0.101. The molecule has 2 aromatic carbocycles. The van der Waals surface area contributed by atoms with Crippen molar-refractivity contribution in [2.75, 3.05) is 6.61 Å². The first-order valence-electron chi connectivity index (χ1n) is 20.1. The number of nitrogens with one attached hydrogen (secondary N) is 1. The number of rotatable bonds is 9. The number of esters is 4. The van der Waals surface area contributed by atoms with Crippen LogP contribution in [0.25, 0.3) is 0 Å². The molecule has 3 aliphatic carbocycles. The molecule has 0 radical (unpaired) electrons. The molecule has 2 aromatic rings. The summed E-state index contributed by atoms with van der Waals surface area (Å²) < 4.78 is 35.9. The zero-order valence-corrected chi connectivity index (χ0v) is 35.4. The number of fused-ring (bicyclic) bond motifs is 5. The van der Waals surface area contributed by atoms with Gasteiger partial charge in [-0.25, -0.2) is 14.4 Å². The number of hydrogen-bond acceptors (Lipinski definition) is 14. The third-order valence-electron chi connectivity index (χ3n) is 12.7. The SMILES string of the molecule is CC(=O)O[C@H]1C(=O)[C@]2(C)CC[C@H]3OC[C@@]3(OC(C)=O)C2C(OC(=O)c2ccccc2)[C@]2(O)C[C@H](OC(=O)[C@H](O)[C@@H](NC(=O)OC(C)(C)C)c3ccccc3)C(C)=C1C2(C)C. The average Bonchev–Trinajstić information content (AvgIpc) is 3.15. The van der Waals surface area contributed by atoms with Gasteiger partial charge in [-0.15, -0.1) is 0 Å². The van der Waals surface area contributed by atoms with Gasteiger partial charge in [0, 0.05) is 31.1 Å². The number of alkyl carbamates (subject to hydrolysis) is 1. The van der Waals surface area contributed by atoms with Gasteiger partial charge in [0.1, 0.15) is 29.5 Å². The normalized spacial score (nSPS) is 31.6. The van der Waals surface area contributed by atoms with Gasteiger partial charge >= 0.3 is 30.0 Å². The Morgan fingerprint density at radius 1 is 0.900 bits per heavy atom. The highest BCUT2D eigenvalue weighted by Crippen LogP contribution is 2.64. The quantitative estimate of drug-likeness (QED) is 0.175. The van der Waals surface area contributed by atoms with Gasteiger partial charge in [-0.2, -0.15) is 0 Å². The number of amides is 1. The second kappa shape index (κ2) is 16.1. The second-order valence-corrected chi connectivity index (χ2v) is 18.1. The van der Waals surface area contributed by atoms with E-state index in [1.165, 1.54) is 19.1 Å². The standard InChI is InChI=1S/C45H55NO14/c1-24-29(57-39(52)33(49)32(27-16-12-10-13-17-27)46-40(53)60-41(4,5)6)22-45(54)37(58-38(51)28-18-14-11-15-19-28)35-43(9,21-20-30-44(35,23-55-30)59-26(3)48)36(50)34(56-25(2)47)31(24)42(45,7)8/h10-19,29-30,32-35,37,49,54H,20-23H2,1-9H3,(H,46,53)/t29-,30+,32-,33+,34+,35?,37?,43+,44-,45+/m0/s1. The van der Waals surface area contributed by atoms with E-state index in [0.29, 0.717) is 5.56 Å². The van der Waals surface area contributed by atoms with Crippen LogP contribution in [0, 0.1) is 16.7 Å². The van der Waals surface area contributed by atoms with Crippen molar-refractivity contribution in [2.24, 2.45) is 16.7 Å². The van der Waals surface area contributed by atoms with Gasteiger partial charge in [0.05, 0.1) is 24.1 Å². The second-order valence-electron chi connectivity index (χ2n) is 18.1. The number of ether oxygens (including phenoxy) is 6. The fraction of sp³-hybridized carbons (Fsp3) is 0.556. The summed E-state index contributed by atoms with van der Waals surface area (Å²) >= 11 is 0. The smallest absolute Gasteiger partial charge is 0.408 e. The third kappa shape index (κ3) is 7.82. The lowest BCUT2D eigenvalue weighted by atomic mass is 9.45. The van der Waals surface area contributed by atoms with Crippen molar-refractivity contribution in [1.29, 1.82) is 0 Å². The molecule has 15 heteroatoms. The number of ketones is 1. The molecule has 6 rings (SSSR count). The average molecular weight is 834 g/mol. The maximum Gasteiger partial charge on any atom is 0.408 e. The van der Waals surface area contributed by atoms with Gasteiger partial charge in [0.25, 0.3) is 0 Å². The molecular weight excluding hydrogens is 778 g/mol. The van der Waals surface area contributed by atoms with E-state index >= 15 is 4.79 Å². The van der Waals surface area contributed by atoms with Gasteiger partial charge < -0.3 is 44.0 Å². The minimum atomic E-state index is -2.27. The van der Waals surface area contributed by atoms with Crippen LogP contribution in [0.4, 0.5) is 4.79 Å². The van der Waals surface area contributed by atoms with E-state index in [0.717, 1.165) is 6.92 Å². The van der Waals surface area contributed by atoms with E-state index in [1.807, 2.05) is 0 Å². The first-order valence-corrected chi connectivity index (χ1v) is 20.1. The lowest BCUT2D eigenvalue weighted by molar-refractivity contribution is -0.332. The van der Waals surface area contributed by atoms with Crippen molar-refractivity contribution in [3.05, 3.63) is 82.9 Å². The van der Waals surface area contributed by atoms with Gasteiger partial charge in [-0.3, -0.25) is 14.4 Å². The Balaban J connectivity index is 1.52. The maximum atomic E-state index is 15.4. The summed E-state index contributed by atoms with van der Waals surface area (Å²) in [5.74, 6) is -5.49. The Hall–Kier alpha value is -5.12. The number of carbonyl (C=O) groups excluding carboxylic acids is 6. The number of benzene rings is 2. The van der Waals surface area contributed by atoms with Gasteiger partial charge in [0.15, 0.2) is 23.6 Å². The number of aliphatic hydroxyl groups excluding tert-OH is 1. The van der Waals surface area contributed by atoms with Crippen molar-refractivity contribution < 1.29 is 67.4 Å². The van der Waals surface area contributed by atoms with Crippen LogP contribution in [0.5, 0.6) is 0 Å². The van der Waals surface area contributed by atoms with Crippen molar-refractivity contribution in [3.63, 3.8) is 0 Å². The summed E-state index contributed by atoms with van der Waals surface area (Å²) in [4.78, 5) is 82.7. The molecule has 3 fully saturated rings. The monoisotopic (exact) mass is 833 g/mol. The summed E-state index contributed by atoms with van der Waals surface area (Å²) in [7, 11) is 0. The van der Waals surface area contributed by atoms with Crippen molar-refractivity contribution in [3.8, 4) is 0 Å². The molecule has 4 aliphatic rings. The molecule has 1 saturated heterocycles. The Bertz CT molecular complexity index is 2060. The Labute approximate surface area is 349 Å². The number of Topliss-reactive ketones (excluding diaryl/α,β-unsaturated/α-hetero) is 1. The van der Waals surface area contributed by atoms with E-state index in [9.17, 15) is 34.2 Å². The van der Waals surface area contributed by atoms with E-state index in [2.05, 4.69) is 5.32 Å². The van der Waals surface area contributed by atoms with Crippen LogP contribution in [0.3, 0.4) is 0 Å². The van der Waals surface area contributed by atoms with E-state index in [-0.39, 0.29) is 36.2 Å². The highest BCUT2D eigenvalue weighted by molar-refractivity contribution is 5.95. The lowest BCUT2D eigenvalue weighted by Crippen LogP contribution is -2.79. The first kappa shape index (κ1) is 44.4. The fourth-order valence-corrected chi connectivity index (χ4v) is 9.82. The molecule has 1 amide bonds. The third-order valence-corrected chi connectivity index (χ3v) is 12.7. The van der Waals surface area contributed by atoms with Gasteiger partial charge in [-0.1, -0.05) is 69.3 Å². The predicted octanol–water partition coefficient (Wildman–Crippen LogP) is 4.86. The highest BCUT2D eigenvalue weighted by atomic mass is 16.6. The predicted molar refractivity (Wildman–Crippen MR) is 212 cm³/mol. The fourth-order valence-electron chi connectivity index (χ4n) is 9.82. The Kier molecular flexibility index (Phi) is 11.9. The van der Waals surface area contributed by atoms with Crippen LogP contribution in [-0.4, -0.2) is 99.9 Å². The van der Waals surface area contributed by atoms with Crippen LogP contribution in [0.1, 0.15) is 104 Å². The summed E-state index contributed by atoms with van der Waals surface area (Å²) in [5.41, 5.74) is -7.11. The molecule has 0 spiro atoms. The molecule has 3 N–H and O–H groups in total. The van der Waals surface area contributed by atoms with Gasteiger partial charge in [0.2, 0.25) is 0 Å². The van der Waals surface area contributed by atoms with Crippen LogP contribution in [0.2, 0.25) is 0 Å². The lowest BCUT2D eigenvalue weighted by Gasteiger charge is -2.66. The van der Waals surface area contributed by atoms with Crippen molar-refractivity contribution in [2.45, 2.75) is 135 Å².